The Morgan fingerprint density at radius 1 is 1.05 bits per heavy atom. The third kappa shape index (κ3) is 6.81. The average Bonchev–Trinajstić information content (AvgIpc) is 3.64. The predicted molar refractivity (Wildman–Crippen MR) is 146 cm³/mol. The second-order valence-electron chi connectivity index (χ2n) is 10.8. The number of carbonyl (C=O) groups is 2. The molecule has 1 aliphatic carbocycles. The van der Waals surface area contributed by atoms with Crippen LogP contribution in [-0.4, -0.2) is 108 Å². The van der Waals surface area contributed by atoms with Gasteiger partial charge in [-0.05, 0) is 43.2 Å². The van der Waals surface area contributed by atoms with Crippen molar-refractivity contribution in [2.24, 2.45) is 10.9 Å². The SMILES string of the molecule is O=C(Cn1nncc1COCC1CCC1O)Nc1ccc(C(=O)C2=CCC(CC3OC(CO)C(O)C(O)C3O)=N2)cc1. The summed E-state index contributed by atoms with van der Waals surface area (Å²) >= 11 is 0. The molecule has 2 aliphatic heterocycles. The summed E-state index contributed by atoms with van der Waals surface area (Å²) < 4.78 is 12.6. The van der Waals surface area contributed by atoms with Crippen molar-refractivity contribution in [1.82, 2.24) is 15.0 Å². The van der Waals surface area contributed by atoms with Gasteiger partial charge in [0, 0.05) is 35.7 Å². The minimum atomic E-state index is -1.47. The number of nitrogens with zero attached hydrogens (tertiary/aromatic N) is 4. The highest BCUT2D eigenvalue weighted by Gasteiger charge is 2.43. The minimum Gasteiger partial charge on any atom is -0.394 e. The predicted octanol–water partition coefficient (Wildman–Crippen LogP) is -0.652. The first-order chi connectivity index (χ1) is 20.2. The molecule has 7 unspecified atom stereocenters. The molecule has 3 heterocycles. The Morgan fingerprint density at radius 3 is 2.50 bits per heavy atom. The average molecular weight is 586 g/mol. The molecule has 1 saturated carbocycles. The number of aliphatic imine (C=N–C) groups is 1. The first kappa shape index (κ1) is 30.1. The van der Waals surface area contributed by atoms with Crippen LogP contribution in [0.5, 0.6) is 0 Å². The van der Waals surface area contributed by atoms with Crippen LogP contribution in [-0.2, 0) is 27.4 Å². The van der Waals surface area contributed by atoms with Crippen LogP contribution < -0.4 is 5.32 Å². The summed E-state index contributed by atoms with van der Waals surface area (Å²) in [4.78, 5) is 30.0. The Hall–Kier alpha value is -3.37. The van der Waals surface area contributed by atoms with E-state index in [1.807, 2.05) is 0 Å². The molecule has 226 valence electrons. The largest absolute Gasteiger partial charge is 0.394 e. The molecule has 0 radical (unpaired) electrons. The van der Waals surface area contributed by atoms with Crippen molar-refractivity contribution in [3.63, 3.8) is 0 Å². The molecule has 2 aromatic rings. The lowest BCUT2D eigenvalue weighted by Crippen LogP contribution is -2.58. The number of ether oxygens (including phenoxy) is 2. The lowest BCUT2D eigenvalue weighted by Gasteiger charge is -2.40. The quantitative estimate of drug-likeness (QED) is 0.172. The van der Waals surface area contributed by atoms with Gasteiger partial charge >= 0.3 is 0 Å². The van der Waals surface area contributed by atoms with Crippen molar-refractivity contribution in [2.75, 3.05) is 18.5 Å². The number of rotatable bonds is 12. The molecule has 1 saturated heterocycles. The van der Waals surface area contributed by atoms with E-state index in [0.717, 1.165) is 12.8 Å². The van der Waals surface area contributed by atoms with Crippen LogP contribution in [0.4, 0.5) is 5.69 Å². The number of hydrogen-bond donors (Lipinski definition) is 6. The molecular weight excluding hydrogens is 550 g/mol. The molecule has 5 rings (SSSR count). The summed E-state index contributed by atoms with van der Waals surface area (Å²) in [6, 6.07) is 6.37. The maximum Gasteiger partial charge on any atom is 0.246 e. The number of anilines is 1. The molecule has 2 fully saturated rings. The number of aliphatic hydroxyl groups is 5. The number of allylic oxidation sites excluding steroid dienone is 2. The highest BCUT2D eigenvalue weighted by Crippen LogP contribution is 2.28. The van der Waals surface area contributed by atoms with E-state index in [0.29, 0.717) is 35.7 Å². The Balaban J connectivity index is 1.11. The van der Waals surface area contributed by atoms with Gasteiger partial charge in [0.2, 0.25) is 11.7 Å². The summed E-state index contributed by atoms with van der Waals surface area (Å²) in [5, 5.41) is 59.8. The van der Waals surface area contributed by atoms with E-state index in [2.05, 4.69) is 20.6 Å². The van der Waals surface area contributed by atoms with Crippen molar-refractivity contribution in [1.29, 1.82) is 0 Å². The van der Waals surface area contributed by atoms with Gasteiger partial charge in [-0.2, -0.15) is 0 Å². The molecule has 14 heteroatoms. The third-order valence-corrected chi connectivity index (χ3v) is 7.85. The number of benzene rings is 1. The number of carbonyl (C=O) groups excluding carboxylic acids is 2. The topological polar surface area (TPSA) is 209 Å². The molecule has 1 aromatic carbocycles. The number of nitrogens with one attached hydrogen (secondary N) is 1. The summed E-state index contributed by atoms with van der Waals surface area (Å²) in [5.41, 5.74) is 2.27. The molecule has 42 heavy (non-hydrogen) atoms. The molecule has 7 atom stereocenters. The van der Waals surface area contributed by atoms with E-state index >= 15 is 0 Å². The smallest absolute Gasteiger partial charge is 0.246 e. The Bertz CT molecular complexity index is 1330. The maximum atomic E-state index is 13.0. The van der Waals surface area contributed by atoms with E-state index in [1.165, 1.54) is 10.9 Å². The van der Waals surface area contributed by atoms with Gasteiger partial charge in [0.15, 0.2) is 0 Å². The van der Waals surface area contributed by atoms with Crippen LogP contribution in [0.3, 0.4) is 0 Å². The number of hydrogen-bond acceptors (Lipinski definition) is 12. The fraction of sp³-hybridized carbons (Fsp3) is 0.536. The van der Waals surface area contributed by atoms with Crippen LogP contribution >= 0.6 is 0 Å². The molecule has 0 spiro atoms. The van der Waals surface area contributed by atoms with Crippen molar-refractivity contribution in [2.45, 2.75) is 75.5 Å². The third-order valence-electron chi connectivity index (χ3n) is 7.85. The summed E-state index contributed by atoms with van der Waals surface area (Å²) in [5.74, 6) is -0.516. The molecular formula is C28H35N5O9. The summed E-state index contributed by atoms with van der Waals surface area (Å²) in [6.45, 7) is 0.0636. The monoisotopic (exact) mass is 585 g/mol. The number of aliphatic hydroxyl groups excluding tert-OH is 5. The Morgan fingerprint density at radius 2 is 1.81 bits per heavy atom. The van der Waals surface area contributed by atoms with Gasteiger partial charge in [-0.3, -0.25) is 14.6 Å². The van der Waals surface area contributed by atoms with Gasteiger partial charge in [0.1, 0.15) is 36.7 Å². The van der Waals surface area contributed by atoms with Crippen LogP contribution in [0, 0.1) is 5.92 Å². The molecule has 1 amide bonds. The Labute approximate surface area is 241 Å². The van der Waals surface area contributed by atoms with E-state index in [-0.39, 0.29) is 49.0 Å². The molecule has 6 N–H and O–H groups in total. The fourth-order valence-corrected chi connectivity index (χ4v) is 5.10. The van der Waals surface area contributed by atoms with Gasteiger partial charge in [0.25, 0.3) is 0 Å². The molecule has 0 bridgehead atoms. The standard InChI is InChI=1S/C28H35N5O9/c34-12-23-27(39)28(40)26(38)22(42-23)9-18-6-7-20(30-18)25(37)15-1-4-17(5-2-15)31-24(36)11-33-19(10-29-32-33)14-41-13-16-3-8-21(16)35/h1-2,4-5,7,10,16,21-23,26-28,34-35,38-40H,3,6,8-9,11-14H2,(H,31,36). The minimum absolute atomic E-state index is 0.0791. The number of ketones is 1. The van der Waals surface area contributed by atoms with Crippen LogP contribution in [0.25, 0.3) is 0 Å². The van der Waals surface area contributed by atoms with E-state index in [1.54, 1.807) is 30.3 Å². The van der Waals surface area contributed by atoms with Crippen LogP contribution in [0.15, 0.2) is 47.2 Å². The molecule has 1 aromatic heterocycles. The first-order valence-corrected chi connectivity index (χ1v) is 13.9. The number of amides is 1. The lowest BCUT2D eigenvalue weighted by molar-refractivity contribution is -0.227. The van der Waals surface area contributed by atoms with Crippen molar-refractivity contribution >= 4 is 23.1 Å². The summed E-state index contributed by atoms with van der Waals surface area (Å²) in [6.07, 6.45) is -1.12. The molecule has 14 nitrogen and oxygen atoms in total. The van der Waals surface area contributed by atoms with E-state index in [4.69, 9.17) is 9.47 Å². The van der Waals surface area contributed by atoms with Crippen LogP contribution in [0.1, 0.15) is 41.7 Å². The normalized spacial score (nSPS) is 29.0. The first-order valence-electron chi connectivity index (χ1n) is 13.9. The zero-order valence-corrected chi connectivity index (χ0v) is 22.8. The summed E-state index contributed by atoms with van der Waals surface area (Å²) in [7, 11) is 0. The number of Topliss-reactive ketones (excluding diaryl/α,β-unsaturated/α-hetero) is 1. The van der Waals surface area contributed by atoms with Gasteiger partial charge in [-0.25, -0.2) is 4.68 Å². The highest BCUT2D eigenvalue weighted by atomic mass is 16.5. The van der Waals surface area contributed by atoms with Crippen molar-refractivity contribution in [3.8, 4) is 0 Å². The second kappa shape index (κ2) is 13.3. The van der Waals surface area contributed by atoms with Gasteiger partial charge in [-0.1, -0.05) is 5.21 Å². The zero-order valence-electron chi connectivity index (χ0n) is 22.8. The van der Waals surface area contributed by atoms with E-state index in [9.17, 15) is 35.1 Å². The fourth-order valence-electron chi connectivity index (χ4n) is 5.10. The second-order valence-corrected chi connectivity index (χ2v) is 10.8. The van der Waals surface area contributed by atoms with E-state index < -0.39 is 37.1 Å². The number of aromatic nitrogens is 3. The highest BCUT2D eigenvalue weighted by molar-refractivity contribution is 6.12. The maximum absolute atomic E-state index is 13.0. The Kier molecular flexibility index (Phi) is 9.53. The van der Waals surface area contributed by atoms with Crippen molar-refractivity contribution < 1.29 is 44.6 Å². The van der Waals surface area contributed by atoms with Gasteiger partial charge in [0.05, 0.1) is 43.9 Å². The van der Waals surface area contributed by atoms with Crippen LogP contribution in [0.2, 0.25) is 0 Å². The van der Waals surface area contributed by atoms with Gasteiger partial charge < -0.3 is 40.3 Å². The van der Waals surface area contributed by atoms with Gasteiger partial charge in [-0.15, -0.1) is 5.10 Å². The lowest BCUT2D eigenvalue weighted by atomic mass is 9.83. The van der Waals surface area contributed by atoms with Crippen molar-refractivity contribution in [3.05, 3.63) is 53.5 Å². The molecule has 3 aliphatic rings. The zero-order chi connectivity index (χ0) is 29.8.